The molecule has 35 heavy (non-hydrogen) atoms. The fraction of sp³-hybridized carbons (Fsp3) is 0.345. The van der Waals surface area contributed by atoms with E-state index in [0.717, 1.165) is 31.4 Å². The summed E-state index contributed by atoms with van der Waals surface area (Å²) in [6.45, 7) is 0.554. The number of nitrogens with one attached hydrogen (secondary N) is 1. The number of likely N-dealkylation sites (tertiary alicyclic amines) is 1. The van der Waals surface area contributed by atoms with E-state index in [1.807, 2.05) is 83.7 Å². The van der Waals surface area contributed by atoms with Crippen molar-refractivity contribution in [2.45, 2.75) is 44.6 Å². The molecule has 0 unspecified atom stereocenters. The number of amides is 2. The third-order valence-corrected chi connectivity index (χ3v) is 7.36. The van der Waals surface area contributed by atoms with Crippen LogP contribution in [0.25, 0.3) is 5.69 Å². The van der Waals surface area contributed by atoms with Crippen LogP contribution >= 0.6 is 0 Å². The minimum Gasteiger partial charge on any atom is -0.330 e. The molecule has 3 aromatic rings. The van der Waals surface area contributed by atoms with E-state index in [9.17, 15) is 14.4 Å². The van der Waals surface area contributed by atoms with Crippen molar-refractivity contribution in [3.8, 4) is 5.69 Å². The molecule has 1 aromatic heterocycles. The van der Waals surface area contributed by atoms with E-state index in [0.29, 0.717) is 30.6 Å². The molecular weight excluding hydrogens is 438 g/mol. The number of anilines is 1. The molecule has 1 saturated carbocycles. The zero-order valence-corrected chi connectivity index (χ0v) is 19.8. The summed E-state index contributed by atoms with van der Waals surface area (Å²) < 4.78 is 1.95. The Bertz CT molecular complexity index is 1190. The molecular formula is C29H31N3O3. The third kappa shape index (κ3) is 4.78. The zero-order valence-electron chi connectivity index (χ0n) is 19.8. The van der Waals surface area contributed by atoms with Gasteiger partial charge < -0.3 is 14.8 Å². The molecule has 6 heteroatoms. The Morgan fingerprint density at radius 2 is 1.43 bits per heavy atom. The molecule has 2 amide bonds. The number of hydrogen-bond acceptors (Lipinski definition) is 3. The molecule has 1 N–H and O–H groups in total. The normalized spacial score (nSPS) is 22.1. The second kappa shape index (κ2) is 10.3. The summed E-state index contributed by atoms with van der Waals surface area (Å²) in [5, 5.41) is 3.07. The summed E-state index contributed by atoms with van der Waals surface area (Å²) in [5.41, 5.74) is 2.25. The molecule has 1 saturated heterocycles. The minimum absolute atomic E-state index is 0.0458. The summed E-state index contributed by atoms with van der Waals surface area (Å²) in [6, 6.07) is 20.3. The summed E-state index contributed by atoms with van der Waals surface area (Å²) in [6.07, 6.45) is 8.59. The number of aromatic nitrogens is 1. The zero-order chi connectivity index (χ0) is 24.2. The van der Waals surface area contributed by atoms with Gasteiger partial charge in [0.25, 0.3) is 0 Å². The average molecular weight is 470 g/mol. The van der Waals surface area contributed by atoms with E-state index in [1.54, 1.807) is 4.90 Å². The van der Waals surface area contributed by atoms with Crippen LogP contribution in [0.5, 0.6) is 0 Å². The molecule has 2 aliphatic rings. The number of hydrogen-bond donors (Lipinski definition) is 1. The van der Waals surface area contributed by atoms with Gasteiger partial charge in [-0.2, -0.15) is 0 Å². The van der Waals surface area contributed by atoms with Gasteiger partial charge in [-0.25, -0.2) is 0 Å². The van der Waals surface area contributed by atoms with Crippen molar-refractivity contribution in [2.75, 3.05) is 11.9 Å². The molecule has 2 fully saturated rings. The van der Waals surface area contributed by atoms with Crippen LogP contribution in [0.3, 0.4) is 0 Å². The summed E-state index contributed by atoms with van der Waals surface area (Å²) >= 11 is 0. The Balaban J connectivity index is 1.33. The monoisotopic (exact) mass is 469 g/mol. The molecule has 2 heterocycles. The summed E-state index contributed by atoms with van der Waals surface area (Å²) in [7, 11) is 0. The lowest BCUT2D eigenvalue weighted by Crippen LogP contribution is -2.48. The van der Waals surface area contributed by atoms with Crippen LogP contribution in [-0.4, -0.2) is 39.7 Å². The minimum atomic E-state index is -0.519. The van der Waals surface area contributed by atoms with Crippen molar-refractivity contribution < 1.29 is 14.4 Å². The average Bonchev–Trinajstić information content (AvgIpc) is 3.61. The van der Waals surface area contributed by atoms with Gasteiger partial charge in [-0.05, 0) is 49.9 Å². The fourth-order valence-corrected chi connectivity index (χ4v) is 5.59. The van der Waals surface area contributed by atoms with Crippen LogP contribution in [0.2, 0.25) is 0 Å². The van der Waals surface area contributed by atoms with E-state index >= 15 is 0 Å². The number of carbonyl (C=O) groups is 3. The first-order valence-corrected chi connectivity index (χ1v) is 12.6. The van der Waals surface area contributed by atoms with Crippen LogP contribution in [0.15, 0.2) is 79.1 Å². The van der Waals surface area contributed by atoms with Gasteiger partial charge in [-0.15, -0.1) is 0 Å². The highest BCUT2D eigenvalue weighted by molar-refractivity contribution is 6.02. The van der Waals surface area contributed by atoms with Gasteiger partial charge in [-0.1, -0.05) is 55.3 Å². The number of para-hydroxylation sites is 2. The highest BCUT2D eigenvalue weighted by atomic mass is 16.2. The largest absolute Gasteiger partial charge is 0.330 e. The quantitative estimate of drug-likeness (QED) is 0.511. The Morgan fingerprint density at radius 1 is 0.743 bits per heavy atom. The maximum absolute atomic E-state index is 13.8. The smallest absolute Gasteiger partial charge is 0.247 e. The van der Waals surface area contributed by atoms with Gasteiger partial charge in [0.1, 0.15) is 6.04 Å². The molecule has 0 radical (unpaired) electrons. The van der Waals surface area contributed by atoms with Crippen LogP contribution in [0.1, 0.15) is 48.9 Å². The Kier molecular flexibility index (Phi) is 6.80. The van der Waals surface area contributed by atoms with Gasteiger partial charge >= 0.3 is 0 Å². The Morgan fingerprint density at radius 3 is 2.20 bits per heavy atom. The second-order valence-electron chi connectivity index (χ2n) is 9.51. The van der Waals surface area contributed by atoms with E-state index in [2.05, 4.69) is 5.32 Å². The van der Waals surface area contributed by atoms with Crippen molar-refractivity contribution in [3.05, 3.63) is 84.7 Å². The third-order valence-electron chi connectivity index (χ3n) is 7.36. The lowest BCUT2D eigenvalue weighted by atomic mass is 9.74. The van der Waals surface area contributed by atoms with E-state index in [1.165, 1.54) is 0 Å². The van der Waals surface area contributed by atoms with Gasteiger partial charge in [-0.3, -0.25) is 14.4 Å². The topological polar surface area (TPSA) is 71.4 Å². The molecule has 1 aliphatic heterocycles. The number of nitrogens with zero attached hydrogens (tertiary/aromatic N) is 2. The van der Waals surface area contributed by atoms with Crippen molar-refractivity contribution in [1.82, 2.24) is 9.47 Å². The van der Waals surface area contributed by atoms with E-state index in [-0.39, 0.29) is 29.4 Å². The maximum Gasteiger partial charge on any atom is 0.247 e. The lowest BCUT2D eigenvalue weighted by Gasteiger charge is -2.34. The fourth-order valence-electron chi connectivity index (χ4n) is 5.59. The molecule has 180 valence electrons. The van der Waals surface area contributed by atoms with Crippen LogP contribution < -0.4 is 5.32 Å². The summed E-state index contributed by atoms with van der Waals surface area (Å²) in [5.74, 6) is -0.855. The van der Waals surface area contributed by atoms with Gasteiger partial charge in [0.2, 0.25) is 11.8 Å². The van der Waals surface area contributed by atoms with Crippen molar-refractivity contribution >= 4 is 23.3 Å². The maximum atomic E-state index is 13.8. The van der Waals surface area contributed by atoms with Crippen molar-refractivity contribution in [3.63, 3.8) is 0 Å². The second-order valence-corrected chi connectivity index (χ2v) is 9.51. The van der Waals surface area contributed by atoms with Gasteiger partial charge in [0.05, 0.1) is 11.4 Å². The SMILES string of the molecule is O=C(c1ccccc1)[C@@H]1CCCC[C@H]1C(=O)N1CCC[C@H]1C(=O)Nc1ccccc1-n1cccc1. The first-order valence-electron chi connectivity index (χ1n) is 12.6. The molecule has 3 atom stereocenters. The van der Waals surface area contributed by atoms with E-state index in [4.69, 9.17) is 0 Å². The number of benzene rings is 2. The Hall–Kier alpha value is -3.67. The molecule has 1 aliphatic carbocycles. The standard InChI is InChI=1S/C29H31N3O3/c33-27(21-11-2-1-3-12-21)22-13-4-5-14-23(22)29(35)32-20-10-17-26(32)28(34)30-24-15-6-7-16-25(24)31-18-8-9-19-31/h1-3,6-9,11-12,15-16,18-19,22-23,26H,4-5,10,13-14,17,20H2,(H,30,34)/t22-,23-,26+/m1/s1. The highest BCUT2D eigenvalue weighted by Gasteiger charge is 2.42. The van der Waals surface area contributed by atoms with Gasteiger partial charge in [0, 0.05) is 36.3 Å². The number of rotatable bonds is 6. The molecule has 6 nitrogen and oxygen atoms in total. The molecule has 0 bridgehead atoms. The first kappa shape index (κ1) is 23.1. The summed E-state index contributed by atoms with van der Waals surface area (Å²) in [4.78, 5) is 42.2. The first-order chi connectivity index (χ1) is 17.1. The Labute approximate surface area is 205 Å². The highest BCUT2D eigenvalue weighted by Crippen LogP contribution is 2.36. The number of Topliss-reactive ketones (excluding diaryl/α,β-unsaturated/α-hetero) is 1. The van der Waals surface area contributed by atoms with Crippen molar-refractivity contribution in [1.29, 1.82) is 0 Å². The molecule has 2 aromatic carbocycles. The predicted octanol–water partition coefficient (Wildman–Crippen LogP) is 5.10. The predicted molar refractivity (Wildman–Crippen MR) is 135 cm³/mol. The lowest BCUT2D eigenvalue weighted by molar-refractivity contribution is -0.142. The van der Waals surface area contributed by atoms with Crippen molar-refractivity contribution in [2.24, 2.45) is 11.8 Å². The van der Waals surface area contributed by atoms with Crippen LogP contribution in [0.4, 0.5) is 5.69 Å². The van der Waals surface area contributed by atoms with Crippen LogP contribution in [0, 0.1) is 11.8 Å². The number of carbonyl (C=O) groups excluding carboxylic acids is 3. The van der Waals surface area contributed by atoms with Crippen LogP contribution in [-0.2, 0) is 9.59 Å². The number of ketones is 1. The molecule has 5 rings (SSSR count). The van der Waals surface area contributed by atoms with E-state index < -0.39 is 6.04 Å². The van der Waals surface area contributed by atoms with Gasteiger partial charge in [0.15, 0.2) is 5.78 Å². The molecule has 0 spiro atoms.